The van der Waals surface area contributed by atoms with Crippen LogP contribution in [0.1, 0.15) is 63.3 Å². The van der Waals surface area contributed by atoms with Crippen molar-refractivity contribution in [3.05, 3.63) is 69.7 Å². The summed E-state index contributed by atoms with van der Waals surface area (Å²) in [6, 6.07) is 17.1. The fraction of sp³-hybridized carbons (Fsp3) is 0.481. The van der Waals surface area contributed by atoms with Gasteiger partial charge in [0.2, 0.25) is 0 Å². The first-order chi connectivity index (χ1) is 16.2. The molecule has 2 aromatic rings. The van der Waals surface area contributed by atoms with Crippen LogP contribution in [0.25, 0.3) is 0 Å². The van der Waals surface area contributed by atoms with Crippen LogP contribution in [0.2, 0.25) is 10.0 Å². The minimum Gasteiger partial charge on any atom is -0.357 e. The molecule has 4 atom stereocenters. The van der Waals surface area contributed by atoms with E-state index in [1.54, 1.807) is 0 Å². The molecule has 1 aliphatic heterocycles. The number of thioether (sulfide) groups is 1. The lowest BCUT2D eigenvalue weighted by Crippen LogP contribution is -2.56. The van der Waals surface area contributed by atoms with Gasteiger partial charge in [0.1, 0.15) is 12.2 Å². The number of rotatable bonds is 7. The summed E-state index contributed by atoms with van der Waals surface area (Å²) in [5, 5.41) is 10.7. The average molecular weight is 518 g/mol. The molecule has 1 saturated carbocycles. The molecule has 1 aliphatic carbocycles. The second-order valence-electron chi connectivity index (χ2n) is 10.0. The predicted molar refractivity (Wildman–Crippen MR) is 139 cm³/mol. The van der Waals surface area contributed by atoms with E-state index in [0.717, 1.165) is 29.7 Å². The molecule has 2 fully saturated rings. The quantitative estimate of drug-likeness (QED) is 0.389. The van der Waals surface area contributed by atoms with Crippen LogP contribution in [0.15, 0.2) is 48.5 Å². The number of amides is 1. The van der Waals surface area contributed by atoms with Gasteiger partial charge in [-0.2, -0.15) is 17.0 Å². The number of benzene rings is 2. The first-order valence-electron chi connectivity index (χ1n) is 11.7. The minimum atomic E-state index is -0.807. The van der Waals surface area contributed by atoms with E-state index < -0.39 is 12.2 Å². The molecule has 0 spiro atoms. The molecule has 0 N–H and O–H groups in total. The summed E-state index contributed by atoms with van der Waals surface area (Å²) in [5.74, 6) is 1.19. The summed E-state index contributed by atoms with van der Waals surface area (Å²) in [6.07, 6.45) is 0.981. The van der Waals surface area contributed by atoms with Gasteiger partial charge >= 0.3 is 0 Å². The Hall–Kier alpha value is -1.71. The van der Waals surface area contributed by atoms with Crippen LogP contribution < -0.4 is 0 Å². The lowest BCUT2D eigenvalue weighted by Gasteiger charge is -2.48. The molecule has 1 saturated heterocycles. The Labute approximate surface area is 216 Å². The summed E-state index contributed by atoms with van der Waals surface area (Å²) < 4.78 is 6.47. The minimum absolute atomic E-state index is 0.0174. The van der Waals surface area contributed by atoms with Gasteiger partial charge in [0.25, 0.3) is 5.91 Å². The molecule has 2 aromatic carbocycles. The first kappa shape index (κ1) is 25.4. The van der Waals surface area contributed by atoms with Crippen molar-refractivity contribution in [3.63, 3.8) is 0 Å². The molecule has 4 nitrogen and oxygen atoms in total. The van der Waals surface area contributed by atoms with Crippen molar-refractivity contribution in [3.8, 4) is 6.07 Å². The van der Waals surface area contributed by atoms with E-state index in [1.165, 1.54) is 0 Å². The number of nitrogens with zero attached hydrogens (tertiary/aromatic N) is 2. The highest BCUT2D eigenvalue weighted by Crippen LogP contribution is 2.49. The van der Waals surface area contributed by atoms with E-state index >= 15 is 0 Å². The van der Waals surface area contributed by atoms with Crippen molar-refractivity contribution in [2.24, 2.45) is 5.92 Å². The van der Waals surface area contributed by atoms with Gasteiger partial charge in [0.05, 0.1) is 18.5 Å². The molecule has 4 rings (SSSR count). The zero-order valence-electron chi connectivity index (χ0n) is 19.7. The standard InChI is InChI=1S/C27H30Cl2N2O2S/c1-27(2,3)34-16-22(17-7-8-17)31-24(18-9-11-20(28)12-10-18)25(19-5-4-6-21(29)15-19)33-23(13-14-30)26(31)32/h4-6,9-12,15,17,22-25H,7-8,13,16H2,1-3H3/t22-,23+,24-,25-/m1/s1. The van der Waals surface area contributed by atoms with Crippen LogP contribution in [0.3, 0.4) is 0 Å². The second-order valence-corrected chi connectivity index (χ2v) is 12.8. The summed E-state index contributed by atoms with van der Waals surface area (Å²) in [6.45, 7) is 6.60. The maximum absolute atomic E-state index is 13.9. The van der Waals surface area contributed by atoms with Crippen molar-refractivity contribution in [2.75, 3.05) is 5.75 Å². The monoisotopic (exact) mass is 516 g/mol. The van der Waals surface area contributed by atoms with E-state index in [1.807, 2.05) is 65.2 Å². The maximum Gasteiger partial charge on any atom is 0.253 e. The van der Waals surface area contributed by atoms with E-state index in [9.17, 15) is 10.1 Å². The number of ether oxygens (including phenoxy) is 1. The van der Waals surface area contributed by atoms with Crippen LogP contribution >= 0.6 is 35.0 Å². The van der Waals surface area contributed by atoms with Crippen molar-refractivity contribution in [2.45, 2.75) is 69.1 Å². The van der Waals surface area contributed by atoms with E-state index in [0.29, 0.717) is 16.0 Å². The fourth-order valence-electron chi connectivity index (χ4n) is 4.55. The van der Waals surface area contributed by atoms with Gasteiger partial charge < -0.3 is 9.64 Å². The van der Waals surface area contributed by atoms with E-state index in [-0.39, 0.29) is 29.2 Å². The molecule has 34 heavy (non-hydrogen) atoms. The van der Waals surface area contributed by atoms with Crippen LogP contribution in [-0.2, 0) is 9.53 Å². The Bertz CT molecular complexity index is 1060. The first-order valence-corrected chi connectivity index (χ1v) is 13.4. The van der Waals surface area contributed by atoms with Crippen LogP contribution in [-0.4, -0.2) is 33.5 Å². The molecule has 1 heterocycles. The van der Waals surface area contributed by atoms with E-state index in [2.05, 4.69) is 26.8 Å². The topological polar surface area (TPSA) is 53.3 Å². The largest absolute Gasteiger partial charge is 0.357 e. The number of carbonyl (C=O) groups is 1. The Morgan fingerprint density at radius 2 is 1.82 bits per heavy atom. The molecule has 180 valence electrons. The highest BCUT2D eigenvalue weighted by molar-refractivity contribution is 8.00. The Balaban J connectivity index is 1.83. The zero-order chi connectivity index (χ0) is 24.5. The second kappa shape index (κ2) is 10.5. The van der Waals surface area contributed by atoms with Gasteiger partial charge in [-0.15, -0.1) is 0 Å². The number of nitriles is 1. The molecule has 0 bridgehead atoms. The smallest absolute Gasteiger partial charge is 0.253 e. The Morgan fingerprint density at radius 1 is 1.12 bits per heavy atom. The van der Waals surface area contributed by atoms with Gasteiger partial charge in [-0.3, -0.25) is 4.79 Å². The van der Waals surface area contributed by atoms with Crippen molar-refractivity contribution < 1.29 is 9.53 Å². The molecule has 0 radical (unpaired) electrons. The van der Waals surface area contributed by atoms with Crippen LogP contribution in [0, 0.1) is 17.2 Å². The number of hydrogen-bond donors (Lipinski definition) is 0. The van der Waals surface area contributed by atoms with Gasteiger partial charge in [-0.25, -0.2) is 0 Å². The van der Waals surface area contributed by atoms with Crippen molar-refractivity contribution >= 4 is 40.9 Å². The van der Waals surface area contributed by atoms with Gasteiger partial charge in [0, 0.05) is 26.6 Å². The number of halogens is 2. The molecular formula is C27H30Cl2N2O2S. The molecule has 7 heteroatoms. The molecule has 0 unspecified atom stereocenters. The van der Waals surface area contributed by atoms with Crippen molar-refractivity contribution in [1.29, 1.82) is 5.26 Å². The Kier molecular flexibility index (Phi) is 7.84. The normalized spacial score (nSPS) is 24.1. The lowest BCUT2D eigenvalue weighted by molar-refractivity contribution is -0.178. The SMILES string of the molecule is CC(C)(C)SC[C@H](C1CC1)N1C(=O)[C@H](CC#N)O[C@H](c2cccc(Cl)c2)[C@H]1c1ccc(Cl)cc1. The number of hydrogen-bond acceptors (Lipinski definition) is 4. The van der Waals surface area contributed by atoms with Gasteiger partial charge in [-0.05, 0) is 54.2 Å². The molecular weight excluding hydrogens is 487 g/mol. The van der Waals surface area contributed by atoms with Crippen LogP contribution in [0.4, 0.5) is 0 Å². The van der Waals surface area contributed by atoms with Crippen LogP contribution in [0.5, 0.6) is 0 Å². The zero-order valence-corrected chi connectivity index (χ0v) is 22.0. The third-order valence-corrected chi connectivity index (χ3v) is 8.16. The highest BCUT2D eigenvalue weighted by Gasteiger charge is 2.50. The maximum atomic E-state index is 13.9. The molecule has 1 amide bonds. The summed E-state index contributed by atoms with van der Waals surface area (Å²) in [4.78, 5) is 15.9. The molecule has 2 aliphatic rings. The third kappa shape index (κ3) is 5.91. The van der Waals surface area contributed by atoms with Gasteiger partial charge in [-0.1, -0.05) is 68.2 Å². The van der Waals surface area contributed by atoms with Gasteiger partial charge in [0.15, 0.2) is 0 Å². The highest BCUT2D eigenvalue weighted by atomic mass is 35.5. The number of carbonyl (C=O) groups excluding carboxylic acids is 1. The lowest BCUT2D eigenvalue weighted by atomic mass is 9.89. The summed E-state index contributed by atoms with van der Waals surface area (Å²) in [5.41, 5.74) is 1.86. The Morgan fingerprint density at radius 3 is 2.41 bits per heavy atom. The van der Waals surface area contributed by atoms with Crippen molar-refractivity contribution in [1.82, 2.24) is 4.90 Å². The summed E-state index contributed by atoms with van der Waals surface area (Å²) in [7, 11) is 0. The fourth-order valence-corrected chi connectivity index (χ4v) is 5.97. The average Bonchev–Trinajstić information content (AvgIpc) is 3.61. The summed E-state index contributed by atoms with van der Waals surface area (Å²) >= 11 is 14.4. The van der Waals surface area contributed by atoms with E-state index in [4.69, 9.17) is 27.9 Å². The third-order valence-electron chi connectivity index (χ3n) is 6.30. The predicted octanol–water partition coefficient (Wildman–Crippen LogP) is 7.23. The molecule has 0 aromatic heterocycles. The number of morpholine rings is 1.